The largest absolute Gasteiger partial charge is 0.497 e. The lowest BCUT2D eigenvalue weighted by molar-refractivity contribution is 0.405. The fourth-order valence-corrected chi connectivity index (χ4v) is 3.58. The first-order chi connectivity index (χ1) is 13.3. The van der Waals surface area contributed by atoms with Crippen LogP contribution in [0, 0.1) is 0 Å². The standard InChI is InChI=1S/C22H23ClN2O2S/c1-22(2,3)19-13-20(27-17-10-7-9-16(12-17)26-4)25-21(24-19)28-14-15-8-5-6-11-18(15)23/h5-13H,14H2,1-4H3. The number of methoxy groups -OCH3 is 1. The Morgan fingerprint density at radius 2 is 1.71 bits per heavy atom. The second-order valence-corrected chi connectivity index (χ2v) is 8.63. The molecule has 1 aromatic heterocycles. The number of benzene rings is 2. The molecule has 0 spiro atoms. The van der Waals surface area contributed by atoms with Crippen molar-refractivity contribution in [2.75, 3.05) is 7.11 Å². The van der Waals surface area contributed by atoms with Gasteiger partial charge in [0.05, 0.1) is 12.8 Å². The first kappa shape index (κ1) is 20.5. The highest BCUT2D eigenvalue weighted by Crippen LogP contribution is 2.31. The van der Waals surface area contributed by atoms with Crippen LogP contribution in [0.25, 0.3) is 0 Å². The lowest BCUT2D eigenvalue weighted by atomic mass is 9.92. The molecule has 3 aromatic rings. The van der Waals surface area contributed by atoms with Gasteiger partial charge in [0, 0.05) is 28.3 Å². The van der Waals surface area contributed by atoms with Gasteiger partial charge < -0.3 is 9.47 Å². The SMILES string of the molecule is COc1cccc(Oc2cc(C(C)(C)C)nc(SCc3ccccc3Cl)n2)c1. The highest BCUT2D eigenvalue weighted by molar-refractivity contribution is 7.98. The summed E-state index contributed by atoms with van der Waals surface area (Å²) in [5, 5.41) is 1.40. The number of halogens is 1. The minimum atomic E-state index is -0.130. The Morgan fingerprint density at radius 1 is 0.964 bits per heavy atom. The molecule has 0 bridgehead atoms. The van der Waals surface area contributed by atoms with Crippen molar-refractivity contribution in [2.24, 2.45) is 0 Å². The van der Waals surface area contributed by atoms with Crippen molar-refractivity contribution in [1.29, 1.82) is 0 Å². The molecule has 0 amide bonds. The number of aromatic nitrogens is 2. The molecule has 0 N–H and O–H groups in total. The summed E-state index contributed by atoms with van der Waals surface area (Å²) in [6.45, 7) is 6.35. The molecule has 1 heterocycles. The van der Waals surface area contributed by atoms with Crippen LogP contribution in [-0.2, 0) is 11.2 Å². The van der Waals surface area contributed by atoms with Crippen molar-refractivity contribution < 1.29 is 9.47 Å². The van der Waals surface area contributed by atoms with E-state index in [0.29, 0.717) is 22.5 Å². The van der Waals surface area contributed by atoms with Gasteiger partial charge in [-0.25, -0.2) is 4.98 Å². The second kappa shape index (κ2) is 8.84. The predicted molar refractivity (Wildman–Crippen MR) is 115 cm³/mol. The number of rotatable bonds is 6. The fourth-order valence-electron chi connectivity index (χ4n) is 2.45. The molecule has 0 aliphatic rings. The van der Waals surface area contributed by atoms with Crippen LogP contribution in [-0.4, -0.2) is 17.1 Å². The Balaban J connectivity index is 1.87. The van der Waals surface area contributed by atoms with Gasteiger partial charge in [-0.1, -0.05) is 68.4 Å². The molecule has 0 atom stereocenters. The third-order valence-electron chi connectivity index (χ3n) is 4.03. The van der Waals surface area contributed by atoms with E-state index in [0.717, 1.165) is 22.0 Å². The van der Waals surface area contributed by atoms with Crippen molar-refractivity contribution in [3.8, 4) is 17.4 Å². The molecule has 28 heavy (non-hydrogen) atoms. The summed E-state index contributed by atoms with van der Waals surface area (Å²) >= 11 is 7.81. The molecule has 146 valence electrons. The van der Waals surface area contributed by atoms with E-state index in [1.54, 1.807) is 7.11 Å². The van der Waals surface area contributed by atoms with Gasteiger partial charge in [0.1, 0.15) is 11.5 Å². The molecular formula is C22H23ClN2O2S. The Kier molecular flexibility index (Phi) is 6.47. The van der Waals surface area contributed by atoms with Gasteiger partial charge in [-0.05, 0) is 23.8 Å². The molecule has 6 heteroatoms. The van der Waals surface area contributed by atoms with Crippen LogP contribution in [0.5, 0.6) is 17.4 Å². The molecule has 0 aliphatic carbocycles. The molecule has 0 aliphatic heterocycles. The zero-order valence-corrected chi connectivity index (χ0v) is 18.0. The Bertz CT molecular complexity index is 957. The Morgan fingerprint density at radius 3 is 2.43 bits per heavy atom. The van der Waals surface area contributed by atoms with Crippen molar-refractivity contribution in [1.82, 2.24) is 9.97 Å². The van der Waals surface area contributed by atoms with Crippen LogP contribution in [0.3, 0.4) is 0 Å². The summed E-state index contributed by atoms with van der Waals surface area (Å²) < 4.78 is 11.3. The molecule has 2 aromatic carbocycles. The number of nitrogens with zero attached hydrogens (tertiary/aromatic N) is 2. The second-order valence-electron chi connectivity index (χ2n) is 7.29. The van der Waals surface area contributed by atoms with Gasteiger partial charge in [-0.15, -0.1) is 0 Å². The summed E-state index contributed by atoms with van der Waals surface area (Å²) in [7, 11) is 1.63. The third kappa shape index (κ3) is 5.40. The maximum Gasteiger partial charge on any atom is 0.223 e. The van der Waals surface area contributed by atoms with Gasteiger partial charge in [-0.3, -0.25) is 0 Å². The number of thioether (sulfide) groups is 1. The van der Waals surface area contributed by atoms with Crippen LogP contribution in [0.2, 0.25) is 5.02 Å². The van der Waals surface area contributed by atoms with Gasteiger partial charge in [0.25, 0.3) is 0 Å². The van der Waals surface area contributed by atoms with Gasteiger partial charge >= 0.3 is 0 Å². The smallest absolute Gasteiger partial charge is 0.223 e. The summed E-state index contributed by atoms with van der Waals surface area (Å²) in [6.07, 6.45) is 0. The maximum atomic E-state index is 6.27. The zero-order valence-electron chi connectivity index (χ0n) is 16.4. The summed E-state index contributed by atoms with van der Waals surface area (Å²) in [5.74, 6) is 2.59. The van der Waals surface area contributed by atoms with Crippen LogP contribution < -0.4 is 9.47 Å². The van der Waals surface area contributed by atoms with Gasteiger partial charge in [0.15, 0.2) is 5.16 Å². The van der Waals surface area contributed by atoms with Crippen molar-refractivity contribution in [3.63, 3.8) is 0 Å². The predicted octanol–water partition coefficient (Wildman–Crippen LogP) is 6.52. The van der Waals surface area contributed by atoms with Crippen molar-refractivity contribution in [2.45, 2.75) is 37.1 Å². The molecule has 0 saturated carbocycles. The first-order valence-corrected chi connectivity index (χ1v) is 10.3. The maximum absolute atomic E-state index is 6.27. The van der Waals surface area contributed by atoms with Crippen molar-refractivity contribution >= 4 is 23.4 Å². The quantitative estimate of drug-likeness (QED) is 0.339. The summed E-state index contributed by atoms with van der Waals surface area (Å²) in [5.41, 5.74) is 1.84. The molecule has 0 unspecified atom stereocenters. The summed E-state index contributed by atoms with van der Waals surface area (Å²) in [4.78, 5) is 9.32. The highest BCUT2D eigenvalue weighted by atomic mass is 35.5. The molecular weight excluding hydrogens is 392 g/mol. The van der Waals surface area contributed by atoms with Crippen LogP contribution in [0.15, 0.2) is 59.8 Å². The third-order valence-corrected chi connectivity index (χ3v) is 5.29. The zero-order chi connectivity index (χ0) is 20.1. The van der Waals surface area contributed by atoms with E-state index in [1.165, 1.54) is 11.8 Å². The Labute approximate surface area is 175 Å². The Hall–Kier alpha value is -2.24. The van der Waals surface area contributed by atoms with E-state index in [1.807, 2.05) is 54.6 Å². The average molecular weight is 415 g/mol. The molecule has 3 rings (SSSR count). The van der Waals surface area contributed by atoms with Crippen LogP contribution in [0.4, 0.5) is 0 Å². The van der Waals surface area contributed by atoms with Crippen LogP contribution >= 0.6 is 23.4 Å². The monoisotopic (exact) mass is 414 g/mol. The van der Waals surface area contributed by atoms with Crippen LogP contribution in [0.1, 0.15) is 32.0 Å². The van der Waals surface area contributed by atoms with E-state index < -0.39 is 0 Å². The fraction of sp³-hybridized carbons (Fsp3) is 0.273. The summed E-state index contributed by atoms with van der Waals surface area (Å²) in [6, 6.07) is 17.1. The van der Waals surface area contributed by atoms with Gasteiger partial charge in [0.2, 0.25) is 5.88 Å². The first-order valence-electron chi connectivity index (χ1n) is 8.93. The van der Waals surface area contributed by atoms with E-state index >= 15 is 0 Å². The van der Waals surface area contributed by atoms with E-state index in [4.69, 9.17) is 26.1 Å². The van der Waals surface area contributed by atoms with E-state index in [2.05, 4.69) is 25.8 Å². The lowest BCUT2D eigenvalue weighted by Crippen LogP contribution is -2.14. The normalized spacial score (nSPS) is 11.3. The average Bonchev–Trinajstić information content (AvgIpc) is 2.67. The number of hydrogen-bond donors (Lipinski definition) is 0. The van der Waals surface area contributed by atoms with Gasteiger partial charge in [-0.2, -0.15) is 4.98 Å². The number of ether oxygens (including phenoxy) is 2. The van der Waals surface area contributed by atoms with E-state index in [-0.39, 0.29) is 5.41 Å². The number of hydrogen-bond acceptors (Lipinski definition) is 5. The van der Waals surface area contributed by atoms with Crippen molar-refractivity contribution in [3.05, 3.63) is 70.9 Å². The topological polar surface area (TPSA) is 44.2 Å². The molecule has 0 saturated heterocycles. The molecule has 0 fully saturated rings. The molecule has 0 radical (unpaired) electrons. The molecule has 4 nitrogen and oxygen atoms in total. The highest BCUT2D eigenvalue weighted by Gasteiger charge is 2.19. The minimum Gasteiger partial charge on any atom is -0.497 e. The van der Waals surface area contributed by atoms with E-state index in [9.17, 15) is 0 Å². The minimum absolute atomic E-state index is 0.130. The lowest BCUT2D eigenvalue weighted by Gasteiger charge is -2.19.